The maximum atomic E-state index is 11.6. The molecule has 1 amide bonds. The summed E-state index contributed by atoms with van der Waals surface area (Å²) in [5, 5.41) is 8.41. The summed E-state index contributed by atoms with van der Waals surface area (Å²) >= 11 is 5.86. The van der Waals surface area contributed by atoms with Crippen molar-refractivity contribution < 1.29 is 9.53 Å². The summed E-state index contributed by atoms with van der Waals surface area (Å²) in [5.74, 6) is 0.797. The highest BCUT2D eigenvalue weighted by atomic mass is 35.5. The number of hydrogen-bond acceptors (Lipinski definition) is 5. The van der Waals surface area contributed by atoms with Crippen molar-refractivity contribution in [3.63, 3.8) is 0 Å². The highest BCUT2D eigenvalue weighted by Gasteiger charge is 2.23. The van der Waals surface area contributed by atoms with Gasteiger partial charge in [0.15, 0.2) is 11.0 Å². The first-order valence-corrected chi connectivity index (χ1v) is 6.66. The summed E-state index contributed by atoms with van der Waals surface area (Å²) in [6.45, 7) is 6.80. The molecule has 0 radical (unpaired) electrons. The van der Waals surface area contributed by atoms with Crippen molar-refractivity contribution in [1.82, 2.24) is 15.1 Å². The Morgan fingerprint density at radius 3 is 2.63 bits per heavy atom. The number of aromatic nitrogens is 2. The summed E-state index contributed by atoms with van der Waals surface area (Å²) in [6.07, 6.45) is -0.250. The summed E-state index contributed by atoms with van der Waals surface area (Å²) in [6, 6.07) is 1.91. The van der Waals surface area contributed by atoms with E-state index < -0.39 is 0 Å². The van der Waals surface area contributed by atoms with Gasteiger partial charge in [-0.25, -0.2) is 4.79 Å². The number of aryl methyl sites for hydroxylation is 1. The molecule has 0 atom stereocenters. The number of carbonyl (C=O) groups excluding carboxylic acids is 1. The molecule has 0 N–H and O–H groups in total. The molecular formula is C12H17ClN4O2. The van der Waals surface area contributed by atoms with Crippen LogP contribution in [-0.2, 0) is 4.74 Å². The molecule has 1 aliphatic heterocycles. The van der Waals surface area contributed by atoms with E-state index in [0.29, 0.717) is 37.9 Å². The molecule has 1 aromatic rings. The Morgan fingerprint density at radius 2 is 2.05 bits per heavy atom. The normalized spacial score (nSPS) is 15.5. The smallest absolute Gasteiger partial charge is 0.409 e. The van der Waals surface area contributed by atoms with Crippen LogP contribution in [0.3, 0.4) is 0 Å². The predicted molar refractivity (Wildman–Crippen MR) is 72.6 cm³/mol. The second-order valence-electron chi connectivity index (χ2n) is 4.35. The molecule has 1 aromatic heterocycles. The minimum Gasteiger partial charge on any atom is -0.450 e. The predicted octanol–water partition coefficient (Wildman–Crippen LogP) is 1.72. The molecule has 104 valence electrons. The van der Waals surface area contributed by atoms with E-state index >= 15 is 0 Å². The van der Waals surface area contributed by atoms with Gasteiger partial charge in [-0.15, -0.1) is 10.2 Å². The first-order valence-electron chi connectivity index (χ1n) is 6.28. The fourth-order valence-electron chi connectivity index (χ4n) is 1.94. The SMILES string of the molecule is CCOC(=O)N1CCN(c2cc(C)c(Cl)nn2)CC1. The van der Waals surface area contributed by atoms with Gasteiger partial charge in [0.1, 0.15) is 0 Å². The molecule has 1 saturated heterocycles. The van der Waals surface area contributed by atoms with E-state index in [1.54, 1.807) is 11.8 Å². The fraction of sp³-hybridized carbons (Fsp3) is 0.583. The molecule has 0 spiro atoms. The van der Waals surface area contributed by atoms with Crippen molar-refractivity contribution >= 4 is 23.5 Å². The number of rotatable bonds is 2. The zero-order valence-electron chi connectivity index (χ0n) is 11.1. The van der Waals surface area contributed by atoms with E-state index in [1.807, 2.05) is 13.0 Å². The standard InChI is InChI=1S/C12H17ClN4O2/c1-3-19-12(18)17-6-4-16(5-7-17)10-8-9(2)11(13)15-14-10/h8H,3-7H2,1-2H3. The highest BCUT2D eigenvalue weighted by Crippen LogP contribution is 2.18. The van der Waals surface area contributed by atoms with Gasteiger partial charge < -0.3 is 14.5 Å². The molecule has 0 unspecified atom stereocenters. The van der Waals surface area contributed by atoms with Crippen LogP contribution in [0.4, 0.5) is 10.6 Å². The van der Waals surface area contributed by atoms with Crippen LogP contribution in [0.25, 0.3) is 0 Å². The van der Waals surface area contributed by atoms with Gasteiger partial charge in [-0.1, -0.05) is 11.6 Å². The molecule has 0 aromatic carbocycles. The summed E-state index contributed by atoms with van der Waals surface area (Å²) in [5.41, 5.74) is 0.902. The quantitative estimate of drug-likeness (QED) is 0.827. The Morgan fingerprint density at radius 1 is 1.37 bits per heavy atom. The van der Waals surface area contributed by atoms with Gasteiger partial charge in [0.25, 0.3) is 0 Å². The number of ether oxygens (including phenoxy) is 1. The maximum Gasteiger partial charge on any atom is 0.409 e. The van der Waals surface area contributed by atoms with Crippen LogP contribution in [0.15, 0.2) is 6.07 Å². The first kappa shape index (κ1) is 13.9. The van der Waals surface area contributed by atoms with E-state index in [9.17, 15) is 4.79 Å². The van der Waals surface area contributed by atoms with Gasteiger partial charge >= 0.3 is 6.09 Å². The van der Waals surface area contributed by atoms with Crippen LogP contribution >= 0.6 is 11.6 Å². The fourth-order valence-corrected chi connectivity index (χ4v) is 2.04. The lowest BCUT2D eigenvalue weighted by Crippen LogP contribution is -2.49. The van der Waals surface area contributed by atoms with Gasteiger partial charge in [0.2, 0.25) is 0 Å². The first-order chi connectivity index (χ1) is 9.11. The van der Waals surface area contributed by atoms with Crippen molar-refractivity contribution in [3.05, 3.63) is 16.8 Å². The minimum atomic E-state index is -0.250. The van der Waals surface area contributed by atoms with Crippen LogP contribution in [0.1, 0.15) is 12.5 Å². The lowest BCUT2D eigenvalue weighted by atomic mass is 10.3. The topological polar surface area (TPSA) is 58.6 Å². The Hall–Kier alpha value is -1.56. The van der Waals surface area contributed by atoms with E-state index in [0.717, 1.165) is 11.4 Å². The molecule has 0 saturated carbocycles. The molecule has 2 rings (SSSR count). The largest absolute Gasteiger partial charge is 0.450 e. The van der Waals surface area contributed by atoms with Crippen LogP contribution in [0, 0.1) is 6.92 Å². The third-order valence-corrected chi connectivity index (χ3v) is 3.41. The van der Waals surface area contributed by atoms with Crippen molar-refractivity contribution in [3.8, 4) is 0 Å². The molecular weight excluding hydrogens is 268 g/mol. The number of nitrogens with zero attached hydrogens (tertiary/aromatic N) is 4. The molecule has 2 heterocycles. The Labute approximate surface area is 117 Å². The Balaban J connectivity index is 1.96. The van der Waals surface area contributed by atoms with Crippen molar-refractivity contribution in [2.75, 3.05) is 37.7 Å². The minimum absolute atomic E-state index is 0.250. The van der Waals surface area contributed by atoms with E-state index in [1.165, 1.54) is 0 Å². The summed E-state index contributed by atoms with van der Waals surface area (Å²) < 4.78 is 4.98. The van der Waals surface area contributed by atoms with Gasteiger partial charge in [-0.3, -0.25) is 0 Å². The lowest BCUT2D eigenvalue weighted by Gasteiger charge is -2.34. The summed E-state index contributed by atoms with van der Waals surface area (Å²) in [4.78, 5) is 15.4. The molecule has 19 heavy (non-hydrogen) atoms. The van der Waals surface area contributed by atoms with E-state index in [2.05, 4.69) is 15.1 Å². The van der Waals surface area contributed by atoms with Gasteiger partial charge in [-0.2, -0.15) is 0 Å². The molecule has 7 heteroatoms. The zero-order valence-corrected chi connectivity index (χ0v) is 11.9. The summed E-state index contributed by atoms with van der Waals surface area (Å²) in [7, 11) is 0. The Kier molecular flexibility index (Phi) is 4.42. The van der Waals surface area contributed by atoms with Gasteiger partial charge in [0.05, 0.1) is 6.61 Å². The molecule has 1 fully saturated rings. The van der Waals surface area contributed by atoms with Crippen LogP contribution in [0.2, 0.25) is 5.15 Å². The van der Waals surface area contributed by atoms with Crippen molar-refractivity contribution in [2.45, 2.75) is 13.8 Å². The van der Waals surface area contributed by atoms with Crippen molar-refractivity contribution in [2.24, 2.45) is 0 Å². The second-order valence-corrected chi connectivity index (χ2v) is 4.71. The number of carbonyl (C=O) groups is 1. The molecule has 1 aliphatic rings. The van der Waals surface area contributed by atoms with E-state index in [4.69, 9.17) is 16.3 Å². The van der Waals surface area contributed by atoms with Gasteiger partial charge in [0, 0.05) is 26.2 Å². The highest BCUT2D eigenvalue weighted by molar-refractivity contribution is 6.30. The van der Waals surface area contributed by atoms with Crippen LogP contribution in [0.5, 0.6) is 0 Å². The number of hydrogen-bond donors (Lipinski definition) is 0. The van der Waals surface area contributed by atoms with Crippen LogP contribution in [-0.4, -0.2) is 54.0 Å². The maximum absolute atomic E-state index is 11.6. The van der Waals surface area contributed by atoms with Gasteiger partial charge in [-0.05, 0) is 25.5 Å². The molecule has 6 nitrogen and oxygen atoms in total. The average Bonchev–Trinajstić information content (AvgIpc) is 2.42. The zero-order chi connectivity index (χ0) is 13.8. The third-order valence-electron chi connectivity index (χ3n) is 3.04. The van der Waals surface area contributed by atoms with Crippen LogP contribution < -0.4 is 4.90 Å². The number of piperazine rings is 1. The number of amides is 1. The second kappa shape index (κ2) is 6.06. The average molecular weight is 285 g/mol. The number of halogens is 1. The van der Waals surface area contributed by atoms with Crippen molar-refractivity contribution in [1.29, 1.82) is 0 Å². The third kappa shape index (κ3) is 3.26. The molecule has 0 aliphatic carbocycles. The molecule has 0 bridgehead atoms. The Bertz CT molecular complexity index is 461. The van der Waals surface area contributed by atoms with E-state index in [-0.39, 0.29) is 6.09 Å². The lowest BCUT2D eigenvalue weighted by molar-refractivity contribution is 0.105. The number of anilines is 1. The monoisotopic (exact) mass is 284 g/mol.